The average Bonchev–Trinajstić information content (AvgIpc) is 2.42. The largest absolute Gasteiger partial charge is 0.548 e. The quantitative estimate of drug-likeness (QED) is 0.744. The topological polar surface area (TPSA) is 77.0 Å². The zero-order chi connectivity index (χ0) is 13.2. The number of rotatable bonds is 3. The van der Waals surface area contributed by atoms with E-state index in [0.29, 0.717) is 0 Å². The molecule has 18 heavy (non-hydrogen) atoms. The van der Waals surface area contributed by atoms with E-state index in [1.54, 1.807) is 0 Å². The maximum absolute atomic E-state index is 9.01. The molecule has 0 atom stereocenters. The molecule has 2 rings (SSSR count). The van der Waals surface area contributed by atoms with E-state index >= 15 is 0 Å². The fraction of sp³-hybridized carbons (Fsp3) is 0.929. The highest BCUT2D eigenvalue weighted by atomic mass is 16.4. The molecule has 2 fully saturated rings. The monoisotopic (exact) mass is 257 g/mol. The van der Waals surface area contributed by atoms with Crippen molar-refractivity contribution in [1.29, 1.82) is 0 Å². The third-order valence-electron chi connectivity index (χ3n) is 3.97. The minimum Gasteiger partial charge on any atom is -0.548 e. The summed E-state index contributed by atoms with van der Waals surface area (Å²) < 4.78 is 0. The maximum Gasteiger partial charge on any atom is 0.0861 e. The zero-order valence-electron chi connectivity index (χ0n) is 11.3. The molecule has 0 radical (unpaired) electrons. The van der Waals surface area contributed by atoms with Crippen LogP contribution >= 0.6 is 0 Å². The summed E-state index contributed by atoms with van der Waals surface area (Å²) in [5.41, 5.74) is 0. The van der Waals surface area contributed by atoms with Crippen LogP contribution in [0, 0.1) is 0 Å². The van der Waals surface area contributed by atoms with Crippen LogP contribution in [0.1, 0.15) is 64.2 Å². The normalized spacial score (nSPS) is 22.1. The smallest absolute Gasteiger partial charge is 0.0861 e. The van der Waals surface area contributed by atoms with Gasteiger partial charge in [-0.3, -0.25) is 0 Å². The van der Waals surface area contributed by atoms with Crippen molar-refractivity contribution in [3.8, 4) is 0 Å². The molecular weight excluding hydrogens is 230 g/mol. The van der Waals surface area contributed by atoms with E-state index in [1.165, 1.54) is 64.2 Å². The summed E-state index contributed by atoms with van der Waals surface area (Å²) in [4.78, 5) is 9.01. The first-order chi connectivity index (χ1) is 8.72. The molecule has 0 aromatic rings. The van der Waals surface area contributed by atoms with Gasteiger partial charge in [0.15, 0.2) is 0 Å². The van der Waals surface area contributed by atoms with Gasteiger partial charge in [-0.1, -0.05) is 12.8 Å². The fourth-order valence-corrected chi connectivity index (χ4v) is 3.04. The Morgan fingerprint density at radius 3 is 1.56 bits per heavy atom. The van der Waals surface area contributed by atoms with Gasteiger partial charge in [-0.2, -0.15) is 0 Å². The molecule has 0 aromatic heterocycles. The molecule has 2 aliphatic carbocycles. The molecule has 4 heteroatoms. The second-order valence-corrected chi connectivity index (χ2v) is 5.52. The third-order valence-corrected chi connectivity index (χ3v) is 3.97. The van der Waals surface area contributed by atoms with Crippen molar-refractivity contribution in [2.75, 3.05) is 6.61 Å². The lowest BCUT2D eigenvalue weighted by atomic mass is 9.91. The van der Waals surface area contributed by atoms with Crippen molar-refractivity contribution in [2.24, 2.45) is 0 Å². The Morgan fingerprint density at radius 2 is 1.28 bits per heavy atom. The molecule has 2 saturated carbocycles. The number of aliphatic hydroxyl groups excluding tert-OH is 1. The van der Waals surface area contributed by atoms with Gasteiger partial charge in [0.25, 0.3) is 0 Å². The SMILES string of the molecule is C1CCC([NH2+]C2CCCCC2)CC1.O=C([O-])CO. The van der Waals surface area contributed by atoms with Gasteiger partial charge >= 0.3 is 0 Å². The molecule has 0 aliphatic heterocycles. The number of quaternary nitrogens is 1. The predicted octanol–water partition coefficient (Wildman–Crippen LogP) is -0.0562. The Hall–Kier alpha value is -0.610. The van der Waals surface area contributed by atoms with Crippen molar-refractivity contribution in [3.05, 3.63) is 0 Å². The molecule has 0 unspecified atom stereocenters. The van der Waals surface area contributed by atoms with Gasteiger partial charge in [0.1, 0.15) is 0 Å². The van der Waals surface area contributed by atoms with Crippen molar-refractivity contribution in [2.45, 2.75) is 76.3 Å². The highest BCUT2D eigenvalue weighted by molar-refractivity contribution is 5.65. The molecule has 0 amide bonds. The van der Waals surface area contributed by atoms with Gasteiger partial charge in [-0.25, -0.2) is 0 Å². The van der Waals surface area contributed by atoms with Gasteiger partial charge < -0.3 is 20.3 Å². The fourth-order valence-electron chi connectivity index (χ4n) is 3.04. The van der Waals surface area contributed by atoms with E-state index in [1.807, 2.05) is 0 Å². The summed E-state index contributed by atoms with van der Waals surface area (Å²) in [7, 11) is 0. The number of hydrogen-bond donors (Lipinski definition) is 2. The highest BCUT2D eigenvalue weighted by Gasteiger charge is 2.22. The second kappa shape index (κ2) is 9.34. The molecule has 0 spiro atoms. The van der Waals surface area contributed by atoms with Gasteiger partial charge in [0.05, 0.1) is 24.7 Å². The van der Waals surface area contributed by atoms with Crippen LogP contribution in [0.25, 0.3) is 0 Å². The minimum absolute atomic E-state index is 0.889. The van der Waals surface area contributed by atoms with Crippen LogP contribution < -0.4 is 10.4 Å². The maximum atomic E-state index is 9.01. The number of aliphatic carboxylic acids is 1. The van der Waals surface area contributed by atoms with Gasteiger partial charge in [0, 0.05) is 0 Å². The van der Waals surface area contributed by atoms with Crippen LogP contribution in [0.15, 0.2) is 0 Å². The molecule has 0 saturated heterocycles. The van der Waals surface area contributed by atoms with Crippen LogP contribution in [0.3, 0.4) is 0 Å². The van der Waals surface area contributed by atoms with Crippen LogP contribution in [0.5, 0.6) is 0 Å². The Kier molecular flexibility index (Phi) is 8.01. The Bertz CT molecular complexity index is 205. The van der Waals surface area contributed by atoms with E-state index in [-0.39, 0.29) is 0 Å². The van der Waals surface area contributed by atoms with Crippen LogP contribution in [-0.2, 0) is 4.79 Å². The number of carbonyl (C=O) groups is 1. The summed E-state index contributed by atoms with van der Waals surface area (Å²) in [6.45, 7) is -0.889. The van der Waals surface area contributed by atoms with Crippen molar-refractivity contribution < 1.29 is 20.3 Å². The van der Waals surface area contributed by atoms with Crippen molar-refractivity contribution >= 4 is 5.97 Å². The lowest BCUT2D eigenvalue weighted by Crippen LogP contribution is -2.95. The standard InChI is InChI=1S/C12H23N.C2H4O3/c1-3-7-11(8-4-1)13-12-9-5-2-6-10-12;3-1-2(4)5/h11-13H,1-10H2;3H,1H2,(H,4,5). The summed E-state index contributed by atoms with van der Waals surface area (Å²) >= 11 is 0. The molecule has 0 heterocycles. The minimum atomic E-state index is -1.44. The number of carbonyl (C=O) groups excluding carboxylic acids is 1. The molecule has 4 nitrogen and oxygen atoms in total. The number of aliphatic hydroxyl groups is 1. The molecule has 0 aromatic carbocycles. The Labute approximate surface area is 110 Å². The number of carboxylic acid groups (broad SMARTS) is 1. The van der Waals surface area contributed by atoms with E-state index < -0.39 is 12.6 Å². The second-order valence-electron chi connectivity index (χ2n) is 5.52. The van der Waals surface area contributed by atoms with E-state index in [0.717, 1.165) is 12.1 Å². The molecule has 106 valence electrons. The first-order valence-corrected chi connectivity index (χ1v) is 7.38. The molecular formula is C14H27NO3. The Morgan fingerprint density at radius 1 is 0.944 bits per heavy atom. The van der Waals surface area contributed by atoms with E-state index in [4.69, 9.17) is 15.0 Å². The van der Waals surface area contributed by atoms with Crippen LogP contribution in [0.4, 0.5) is 0 Å². The first kappa shape index (κ1) is 15.4. The summed E-state index contributed by atoms with van der Waals surface area (Å²) in [5, 5.41) is 19.2. The molecule has 0 bridgehead atoms. The van der Waals surface area contributed by atoms with Gasteiger partial charge in [0.2, 0.25) is 0 Å². The summed E-state index contributed by atoms with van der Waals surface area (Å²) in [5.74, 6) is -1.44. The number of carboxylic acids is 1. The average molecular weight is 257 g/mol. The van der Waals surface area contributed by atoms with E-state index in [2.05, 4.69) is 5.32 Å². The number of nitrogens with two attached hydrogens (primary N) is 1. The Balaban J connectivity index is 0.000000280. The van der Waals surface area contributed by atoms with E-state index in [9.17, 15) is 0 Å². The van der Waals surface area contributed by atoms with Crippen molar-refractivity contribution in [1.82, 2.24) is 0 Å². The van der Waals surface area contributed by atoms with Gasteiger partial charge in [-0.05, 0) is 51.4 Å². The summed E-state index contributed by atoms with van der Waals surface area (Å²) in [6.07, 6.45) is 15.0. The van der Waals surface area contributed by atoms with Gasteiger partial charge in [-0.15, -0.1) is 0 Å². The number of hydrogen-bond acceptors (Lipinski definition) is 3. The first-order valence-electron chi connectivity index (χ1n) is 7.38. The summed E-state index contributed by atoms with van der Waals surface area (Å²) in [6, 6.07) is 1.99. The third kappa shape index (κ3) is 6.97. The highest BCUT2D eigenvalue weighted by Crippen LogP contribution is 2.18. The van der Waals surface area contributed by atoms with Crippen LogP contribution in [-0.4, -0.2) is 29.8 Å². The lowest BCUT2D eigenvalue weighted by Gasteiger charge is -2.27. The van der Waals surface area contributed by atoms with Crippen molar-refractivity contribution in [3.63, 3.8) is 0 Å². The zero-order valence-corrected chi connectivity index (χ0v) is 11.3. The predicted molar refractivity (Wildman–Crippen MR) is 67.8 cm³/mol. The van der Waals surface area contributed by atoms with Crippen LogP contribution in [0.2, 0.25) is 0 Å². The molecule has 2 aliphatic rings. The lowest BCUT2D eigenvalue weighted by molar-refractivity contribution is -0.725. The molecule has 3 N–H and O–H groups in total.